The van der Waals surface area contributed by atoms with Gasteiger partial charge in [0.25, 0.3) is 0 Å². The lowest BCUT2D eigenvalue weighted by molar-refractivity contribution is -0.327. The van der Waals surface area contributed by atoms with Crippen molar-refractivity contribution in [1.29, 1.82) is 0 Å². The van der Waals surface area contributed by atoms with Crippen molar-refractivity contribution in [1.82, 2.24) is 4.72 Å². The molecule has 362 valence electrons. The second kappa shape index (κ2) is 20.4. The third kappa shape index (κ3) is 10.4. The molecule has 5 aliphatic rings. The average molecular weight is 983 g/mol. The summed E-state index contributed by atoms with van der Waals surface area (Å²) in [5, 5.41) is 32.9. The van der Waals surface area contributed by atoms with Crippen LogP contribution in [-0.2, 0) is 43.3 Å². The number of aliphatic carboxylic acids is 1. The molecule has 4 saturated heterocycles. The largest absolute Gasteiger partial charge is 0.481 e. The molecule has 0 bridgehead atoms. The molecule has 1 spiro atoms. The summed E-state index contributed by atoms with van der Waals surface area (Å²) in [6.45, 7) is 19.5. The number of hydrogen-bond acceptors (Lipinski definition) is 11. The molecular formula is C49H76BrNO12S. The topological polar surface area (TPSA) is 187 Å². The molecule has 5 heterocycles. The van der Waals surface area contributed by atoms with Crippen molar-refractivity contribution in [3.8, 4) is 0 Å². The Kier molecular flexibility index (Phi) is 16.5. The first kappa shape index (κ1) is 51.6. The van der Waals surface area contributed by atoms with E-state index in [-0.39, 0.29) is 40.6 Å². The number of halogens is 1. The van der Waals surface area contributed by atoms with E-state index in [1.165, 1.54) is 12.1 Å². The summed E-state index contributed by atoms with van der Waals surface area (Å²) in [7, 11) is -4.02. The lowest BCUT2D eigenvalue weighted by atomic mass is 9.72. The number of ketones is 1. The van der Waals surface area contributed by atoms with E-state index in [9.17, 15) is 33.3 Å². The van der Waals surface area contributed by atoms with Crippen LogP contribution >= 0.6 is 15.9 Å². The Morgan fingerprint density at radius 2 is 1.56 bits per heavy atom. The fourth-order valence-corrected chi connectivity index (χ4v) is 13.1. The Labute approximate surface area is 390 Å². The quantitative estimate of drug-likeness (QED) is 0.117. The normalized spacial score (nSPS) is 40.7. The number of ether oxygens (including phenoxy) is 5. The Morgan fingerprint density at radius 1 is 0.891 bits per heavy atom. The van der Waals surface area contributed by atoms with Gasteiger partial charge >= 0.3 is 5.97 Å². The molecule has 15 heteroatoms. The van der Waals surface area contributed by atoms with E-state index in [2.05, 4.69) is 41.4 Å². The van der Waals surface area contributed by atoms with E-state index in [1.807, 2.05) is 53.7 Å². The Hall–Kier alpha value is -1.79. The van der Waals surface area contributed by atoms with E-state index in [0.717, 1.165) is 10.9 Å². The first-order valence-electron chi connectivity index (χ1n) is 24.0. The molecule has 1 aromatic carbocycles. The molecule has 4 N–H and O–H groups in total. The molecule has 6 rings (SSSR count). The van der Waals surface area contributed by atoms with E-state index in [4.69, 9.17) is 23.7 Å². The van der Waals surface area contributed by atoms with E-state index < -0.39 is 99.3 Å². The van der Waals surface area contributed by atoms with Crippen LogP contribution in [0.3, 0.4) is 0 Å². The summed E-state index contributed by atoms with van der Waals surface area (Å²) in [5.41, 5.74) is -1.63. The molecular weight excluding hydrogens is 907 g/mol. The molecule has 0 amide bonds. The third-order valence-corrected chi connectivity index (χ3v) is 18.1. The van der Waals surface area contributed by atoms with Crippen LogP contribution in [0.25, 0.3) is 0 Å². The van der Waals surface area contributed by atoms with Gasteiger partial charge in [0, 0.05) is 28.1 Å². The molecule has 5 aliphatic heterocycles. The fraction of sp³-hybridized carbons (Fsp3) is 0.796. The first-order valence-corrected chi connectivity index (χ1v) is 26.3. The van der Waals surface area contributed by atoms with Gasteiger partial charge in [-0.05, 0) is 120 Å². The number of carbonyl (C=O) groups excluding carboxylic acids is 1. The van der Waals surface area contributed by atoms with E-state index in [0.29, 0.717) is 57.8 Å². The minimum absolute atomic E-state index is 0.0527. The van der Waals surface area contributed by atoms with Crippen LogP contribution < -0.4 is 4.72 Å². The van der Waals surface area contributed by atoms with Gasteiger partial charge in [-0.1, -0.05) is 77.4 Å². The standard InChI is InChI=1S/C49H76BrNO12S/c1-11-35(46(54)55)38-19-14-27(4)43(60-38)31(8)41(52)30(7)42(53)36(12-2)44-28(5)26-29(6)49(62-44)25-20-37(51-64(57,58)34-17-15-33(50)16-18-34)45(63-49)39-21-23-47(10,61-39)40-22-24-48(56,13-3)32(9)59-40/h15-18,20,25,27-32,35-41,43-45,51-52,56H,11-14,19,21-24,26H2,1-10H3,(H,54,55)/t27-,28-,29+,30-,31-,32-,35+,36-,37+,38+,39?,40+,41+,43+,44-,45?,47-,48+,49-/m0/s1. The Bertz CT molecular complexity index is 1920. The van der Waals surface area contributed by atoms with Gasteiger partial charge in [-0.2, -0.15) is 0 Å². The monoisotopic (exact) mass is 981 g/mol. The number of carboxylic acid groups (broad SMARTS) is 1. The van der Waals surface area contributed by atoms with E-state index in [1.54, 1.807) is 19.1 Å². The van der Waals surface area contributed by atoms with Crippen LogP contribution in [0, 0.1) is 41.4 Å². The molecule has 0 saturated carbocycles. The molecule has 0 radical (unpaired) electrons. The van der Waals surface area contributed by atoms with Crippen LogP contribution in [0.1, 0.15) is 133 Å². The molecule has 4 fully saturated rings. The highest BCUT2D eigenvalue weighted by atomic mass is 79.9. The summed E-state index contributed by atoms with van der Waals surface area (Å²) in [4.78, 5) is 26.8. The SMILES string of the molecule is CC[C@@H](C(=O)[C@@H](C)[C@@H](O)[C@H](C)[C@@H]1O[C@@H]([C@@H](CC)C(=O)O)CC[C@@H]1C)[C@H]1O[C@]2(C=C[C@@H](NS(=O)(=O)c3ccc(Br)cc3)C(C3CC[C@@](C)([C@H]4CC[C@](O)(CC)[C@H](C)O4)O3)O2)[C@H](C)C[C@@H]1C. The third-order valence-electron chi connectivity index (χ3n) is 16.1. The van der Waals surface area contributed by atoms with Crippen LogP contribution in [-0.4, -0.2) is 107 Å². The fourth-order valence-electron chi connectivity index (χ4n) is 11.7. The van der Waals surface area contributed by atoms with Gasteiger partial charge in [-0.25, -0.2) is 13.1 Å². The van der Waals surface area contributed by atoms with Crippen molar-refractivity contribution in [2.24, 2.45) is 41.4 Å². The highest BCUT2D eigenvalue weighted by Crippen LogP contribution is 2.49. The first-order chi connectivity index (χ1) is 30.0. The van der Waals surface area contributed by atoms with Crippen LogP contribution in [0.4, 0.5) is 0 Å². The molecule has 1 aromatic rings. The number of benzene rings is 1. The van der Waals surface area contributed by atoms with Gasteiger partial charge in [-0.3, -0.25) is 9.59 Å². The summed E-state index contributed by atoms with van der Waals surface area (Å²) in [6.07, 6.45) is 5.00. The summed E-state index contributed by atoms with van der Waals surface area (Å²) in [5.74, 6) is -4.91. The number of aliphatic hydroxyl groups is 2. The highest BCUT2D eigenvalue weighted by Gasteiger charge is 2.57. The van der Waals surface area contributed by atoms with Gasteiger partial charge in [0.05, 0.1) is 70.8 Å². The van der Waals surface area contributed by atoms with Gasteiger partial charge in [0.2, 0.25) is 10.0 Å². The second-order valence-electron chi connectivity index (χ2n) is 20.3. The zero-order valence-electron chi connectivity index (χ0n) is 39.6. The molecule has 64 heavy (non-hydrogen) atoms. The number of sulfonamides is 1. The maximum Gasteiger partial charge on any atom is 0.309 e. The number of hydrogen-bond donors (Lipinski definition) is 4. The molecule has 13 nitrogen and oxygen atoms in total. The summed E-state index contributed by atoms with van der Waals surface area (Å²) >= 11 is 3.40. The Balaban J connectivity index is 1.25. The number of Topliss-reactive ketones (excluding diaryl/α,β-unsaturated/α-hetero) is 1. The number of carbonyl (C=O) groups is 2. The van der Waals surface area contributed by atoms with Gasteiger partial charge < -0.3 is 39.0 Å². The predicted octanol–water partition coefficient (Wildman–Crippen LogP) is 7.98. The smallest absolute Gasteiger partial charge is 0.309 e. The van der Waals surface area contributed by atoms with Crippen LogP contribution in [0.15, 0.2) is 45.8 Å². The summed E-state index contributed by atoms with van der Waals surface area (Å²) in [6, 6.07) is 5.61. The van der Waals surface area contributed by atoms with Crippen molar-refractivity contribution in [3.05, 3.63) is 40.9 Å². The second-order valence-corrected chi connectivity index (χ2v) is 23.0. The van der Waals surface area contributed by atoms with Crippen LogP contribution in [0.2, 0.25) is 0 Å². The lowest BCUT2D eigenvalue weighted by Crippen LogP contribution is -2.62. The number of aliphatic hydroxyl groups excluding tert-OH is 1. The Morgan fingerprint density at radius 3 is 2.17 bits per heavy atom. The molecule has 19 atom stereocenters. The number of nitrogens with one attached hydrogen (secondary N) is 1. The molecule has 2 unspecified atom stereocenters. The van der Waals surface area contributed by atoms with Gasteiger partial charge in [0.1, 0.15) is 11.9 Å². The minimum Gasteiger partial charge on any atom is -0.481 e. The molecule has 0 aliphatic carbocycles. The van der Waals surface area contributed by atoms with Crippen molar-refractivity contribution in [2.75, 3.05) is 0 Å². The summed E-state index contributed by atoms with van der Waals surface area (Å²) < 4.78 is 65.7. The van der Waals surface area contributed by atoms with E-state index >= 15 is 0 Å². The van der Waals surface area contributed by atoms with Crippen molar-refractivity contribution < 1.29 is 57.0 Å². The molecule has 0 aromatic heterocycles. The number of rotatable bonds is 16. The maximum atomic E-state index is 14.7. The zero-order chi connectivity index (χ0) is 47.1. The van der Waals surface area contributed by atoms with Crippen molar-refractivity contribution in [2.45, 2.75) is 210 Å². The van der Waals surface area contributed by atoms with Gasteiger partial charge in [0.15, 0.2) is 5.79 Å². The van der Waals surface area contributed by atoms with Crippen molar-refractivity contribution >= 4 is 37.7 Å². The lowest BCUT2D eigenvalue weighted by Gasteiger charge is -2.52. The van der Waals surface area contributed by atoms with Crippen LogP contribution in [0.5, 0.6) is 0 Å². The zero-order valence-corrected chi connectivity index (χ0v) is 42.0. The maximum absolute atomic E-state index is 14.7. The van der Waals surface area contributed by atoms with Crippen molar-refractivity contribution in [3.63, 3.8) is 0 Å². The number of carboxylic acids is 1. The van der Waals surface area contributed by atoms with Gasteiger partial charge in [-0.15, -0.1) is 0 Å². The predicted molar refractivity (Wildman–Crippen MR) is 246 cm³/mol. The minimum atomic E-state index is -4.02. The average Bonchev–Trinajstić information content (AvgIpc) is 3.67. The highest BCUT2D eigenvalue weighted by molar-refractivity contribution is 9.10.